The fourth-order valence-electron chi connectivity index (χ4n) is 1.87. The molecule has 0 spiro atoms. The number of ether oxygens (including phenoxy) is 1. The number of carboxylic acids is 1. The van der Waals surface area contributed by atoms with Gasteiger partial charge in [-0.25, -0.2) is 4.79 Å². The van der Waals surface area contributed by atoms with Gasteiger partial charge in [0.15, 0.2) is 0 Å². The molecule has 19 heavy (non-hydrogen) atoms. The average Bonchev–Trinajstić information content (AvgIpc) is 2.34. The lowest BCUT2D eigenvalue weighted by molar-refractivity contribution is -0.148. The van der Waals surface area contributed by atoms with Crippen molar-refractivity contribution in [3.05, 3.63) is 29.9 Å². The molecule has 5 heteroatoms. The van der Waals surface area contributed by atoms with Gasteiger partial charge in [0.2, 0.25) is 0 Å². The van der Waals surface area contributed by atoms with Crippen molar-refractivity contribution in [1.29, 1.82) is 0 Å². The van der Waals surface area contributed by atoms with E-state index in [-0.39, 0.29) is 0 Å². The molecule has 1 aliphatic carbocycles. The Kier molecular flexibility index (Phi) is 4.84. The van der Waals surface area contributed by atoms with Crippen molar-refractivity contribution in [1.82, 2.24) is 0 Å². The summed E-state index contributed by atoms with van der Waals surface area (Å²) in [6, 6.07) is -1.22. The van der Waals surface area contributed by atoms with E-state index in [0.717, 1.165) is 0 Å². The maximum atomic E-state index is 11.1. The zero-order chi connectivity index (χ0) is 14.6. The molecular formula is C14H19NO4. The van der Waals surface area contributed by atoms with Gasteiger partial charge >= 0.3 is 5.97 Å². The second-order valence-corrected chi connectivity index (χ2v) is 5.39. The van der Waals surface area contributed by atoms with E-state index in [9.17, 15) is 9.59 Å². The molecule has 3 atom stereocenters. The van der Waals surface area contributed by atoms with Crippen LogP contribution in [0.15, 0.2) is 29.9 Å². The molecule has 0 bridgehead atoms. The summed E-state index contributed by atoms with van der Waals surface area (Å²) < 4.78 is 5.74. The van der Waals surface area contributed by atoms with Gasteiger partial charge in [-0.3, -0.25) is 4.79 Å². The molecule has 0 radical (unpaired) electrons. The molecule has 1 rings (SSSR count). The highest BCUT2D eigenvalue weighted by Crippen LogP contribution is 2.27. The Hall–Kier alpha value is -1.68. The first-order valence-corrected chi connectivity index (χ1v) is 6.02. The van der Waals surface area contributed by atoms with Crippen LogP contribution in [0.2, 0.25) is 0 Å². The van der Waals surface area contributed by atoms with Crippen LogP contribution in [0.1, 0.15) is 20.8 Å². The quantitative estimate of drug-likeness (QED) is 0.742. The van der Waals surface area contributed by atoms with Crippen LogP contribution in [-0.4, -0.2) is 34.8 Å². The van der Waals surface area contributed by atoms with Crippen LogP contribution in [0, 0.1) is 5.92 Å². The van der Waals surface area contributed by atoms with Crippen LogP contribution in [0.4, 0.5) is 0 Å². The van der Waals surface area contributed by atoms with Gasteiger partial charge in [0.05, 0.1) is 11.7 Å². The molecule has 0 amide bonds. The highest BCUT2D eigenvalue weighted by atomic mass is 16.5. The summed E-state index contributed by atoms with van der Waals surface area (Å²) in [6.07, 6.45) is 5.90. The first-order valence-electron chi connectivity index (χ1n) is 6.02. The average molecular weight is 265 g/mol. The Morgan fingerprint density at radius 2 is 2.11 bits per heavy atom. The Labute approximate surface area is 112 Å². The third kappa shape index (κ3) is 4.17. The first-order chi connectivity index (χ1) is 8.76. The fourth-order valence-corrected chi connectivity index (χ4v) is 1.87. The van der Waals surface area contributed by atoms with Crippen molar-refractivity contribution in [2.75, 3.05) is 0 Å². The molecule has 3 N–H and O–H groups in total. The number of carbonyl (C=O) groups is 1. The number of rotatable bonds is 4. The van der Waals surface area contributed by atoms with E-state index in [2.05, 4.69) is 0 Å². The molecule has 0 aliphatic heterocycles. The summed E-state index contributed by atoms with van der Waals surface area (Å²) in [7, 11) is 0. The second-order valence-electron chi connectivity index (χ2n) is 5.39. The van der Waals surface area contributed by atoms with Crippen LogP contribution < -0.4 is 5.73 Å². The fraction of sp³-hybridized carbons (Fsp3) is 0.500. The molecule has 5 nitrogen and oxygen atoms in total. The second kappa shape index (κ2) is 5.97. The highest BCUT2D eigenvalue weighted by Gasteiger charge is 2.36. The molecule has 0 fully saturated rings. The van der Waals surface area contributed by atoms with Gasteiger partial charge in [-0.05, 0) is 26.8 Å². The number of carboxylic acid groups (broad SMARTS) is 1. The number of allylic oxidation sites excluding steroid dienone is 3. The lowest BCUT2D eigenvalue weighted by Gasteiger charge is -2.34. The topological polar surface area (TPSA) is 89.6 Å². The van der Waals surface area contributed by atoms with Crippen molar-refractivity contribution in [3.8, 4) is 0 Å². The minimum Gasteiger partial charge on any atom is -0.480 e. The third-order valence-electron chi connectivity index (χ3n) is 2.66. The number of hydrogen-bond donors (Lipinski definition) is 2. The maximum absolute atomic E-state index is 11.1. The SMILES string of the molecule is CC(C)(C)OC(C(N)C(=O)O)C1C=CC=CC1=C=O. The summed E-state index contributed by atoms with van der Waals surface area (Å²) in [5, 5.41) is 9.08. The smallest absolute Gasteiger partial charge is 0.323 e. The molecule has 0 aromatic carbocycles. The third-order valence-corrected chi connectivity index (χ3v) is 2.66. The van der Waals surface area contributed by atoms with Crippen molar-refractivity contribution in [3.63, 3.8) is 0 Å². The van der Waals surface area contributed by atoms with Gasteiger partial charge in [0.1, 0.15) is 12.0 Å². The highest BCUT2D eigenvalue weighted by molar-refractivity contribution is 5.74. The van der Waals surface area contributed by atoms with Crippen LogP contribution in [-0.2, 0) is 14.3 Å². The van der Waals surface area contributed by atoms with E-state index in [1.165, 1.54) is 0 Å². The Morgan fingerprint density at radius 1 is 1.47 bits per heavy atom. The first kappa shape index (κ1) is 15.4. The van der Waals surface area contributed by atoms with E-state index in [1.54, 1.807) is 45.1 Å². The Bertz CT molecular complexity index is 453. The molecular weight excluding hydrogens is 246 g/mol. The molecule has 0 saturated heterocycles. The largest absolute Gasteiger partial charge is 0.480 e. The van der Waals surface area contributed by atoms with Crippen LogP contribution >= 0.6 is 0 Å². The molecule has 1 aliphatic rings. The van der Waals surface area contributed by atoms with E-state index < -0.39 is 29.6 Å². The van der Waals surface area contributed by atoms with E-state index >= 15 is 0 Å². The maximum Gasteiger partial charge on any atom is 0.323 e. The Balaban J connectivity index is 3.09. The molecule has 0 heterocycles. The molecule has 0 aromatic heterocycles. The van der Waals surface area contributed by atoms with Crippen molar-refractivity contribution >= 4 is 11.9 Å². The number of carbonyl (C=O) groups excluding carboxylic acids is 1. The predicted octanol–water partition coefficient (Wildman–Crippen LogP) is 1.08. The lowest BCUT2D eigenvalue weighted by atomic mass is 9.86. The van der Waals surface area contributed by atoms with E-state index in [0.29, 0.717) is 5.57 Å². The van der Waals surface area contributed by atoms with Gasteiger partial charge in [-0.15, -0.1) is 0 Å². The van der Waals surface area contributed by atoms with Crippen molar-refractivity contribution in [2.45, 2.75) is 38.5 Å². The van der Waals surface area contributed by atoms with Crippen LogP contribution in [0.5, 0.6) is 0 Å². The molecule has 0 saturated carbocycles. The predicted molar refractivity (Wildman–Crippen MR) is 71.2 cm³/mol. The van der Waals surface area contributed by atoms with Gasteiger partial charge in [-0.2, -0.15) is 0 Å². The standard InChI is InChI=1S/C14H19NO4/c1-14(2,3)19-12(11(15)13(17)18)10-7-5-4-6-9(10)8-16/h4-7,10-12H,15H2,1-3H3,(H,17,18). The van der Waals surface area contributed by atoms with Gasteiger partial charge in [0, 0.05) is 11.5 Å². The summed E-state index contributed by atoms with van der Waals surface area (Å²) in [5.74, 6) is 0.143. The van der Waals surface area contributed by atoms with Crippen LogP contribution in [0.3, 0.4) is 0 Å². The lowest BCUT2D eigenvalue weighted by Crippen LogP contribution is -2.50. The summed E-state index contributed by atoms with van der Waals surface area (Å²) in [5.41, 5.74) is 5.46. The Morgan fingerprint density at radius 3 is 2.58 bits per heavy atom. The minimum atomic E-state index is -1.22. The normalized spacial score (nSPS) is 21.9. The molecule has 3 unspecified atom stereocenters. The molecule has 0 aromatic rings. The summed E-state index contributed by atoms with van der Waals surface area (Å²) in [4.78, 5) is 22.1. The number of hydrogen-bond acceptors (Lipinski definition) is 4. The minimum absolute atomic E-state index is 0.341. The van der Waals surface area contributed by atoms with Crippen molar-refractivity contribution < 1.29 is 19.4 Å². The zero-order valence-electron chi connectivity index (χ0n) is 11.3. The van der Waals surface area contributed by atoms with Crippen molar-refractivity contribution in [2.24, 2.45) is 11.7 Å². The van der Waals surface area contributed by atoms with E-state index in [1.807, 2.05) is 5.94 Å². The molecule has 104 valence electrons. The number of nitrogens with two attached hydrogens (primary N) is 1. The monoisotopic (exact) mass is 265 g/mol. The van der Waals surface area contributed by atoms with Gasteiger partial charge < -0.3 is 15.6 Å². The van der Waals surface area contributed by atoms with Gasteiger partial charge in [-0.1, -0.05) is 18.2 Å². The number of aliphatic carboxylic acids is 1. The zero-order valence-corrected chi connectivity index (χ0v) is 11.3. The van der Waals surface area contributed by atoms with Crippen LogP contribution in [0.25, 0.3) is 0 Å². The summed E-state index contributed by atoms with van der Waals surface area (Å²) >= 11 is 0. The van der Waals surface area contributed by atoms with Gasteiger partial charge in [0.25, 0.3) is 0 Å². The van der Waals surface area contributed by atoms with E-state index in [4.69, 9.17) is 15.6 Å². The summed E-state index contributed by atoms with van der Waals surface area (Å²) in [6.45, 7) is 5.42.